The highest BCUT2D eigenvalue weighted by Gasteiger charge is 2.22. The van der Waals surface area contributed by atoms with Gasteiger partial charge in [0.05, 0.1) is 6.61 Å². The normalized spacial score (nSPS) is 18.8. The summed E-state index contributed by atoms with van der Waals surface area (Å²) >= 11 is 6.34. The monoisotopic (exact) mass is 298 g/mol. The molecule has 2 N–H and O–H groups in total. The van der Waals surface area contributed by atoms with E-state index in [9.17, 15) is 5.11 Å². The maximum absolute atomic E-state index is 9.20. The second-order valence-electron chi connectivity index (χ2n) is 5.23. The predicted molar refractivity (Wildman–Crippen MR) is 82.4 cm³/mol. The van der Waals surface area contributed by atoms with Gasteiger partial charge in [-0.2, -0.15) is 0 Å². The Morgan fingerprint density at radius 2 is 2.35 bits per heavy atom. The highest BCUT2D eigenvalue weighted by molar-refractivity contribution is 6.31. The number of methoxy groups -OCH3 is 1. The lowest BCUT2D eigenvalue weighted by molar-refractivity contribution is 0.199. The van der Waals surface area contributed by atoms with Crippen LogP contribution < -0.4 is 10.2 Å². The molecular formula is C15H23ClN2O2. The first-order valence-electron chi connectivity index (χ1n) is 7.08. The van der Waals surface area contributed by atoms with E-state index in [1.807, 2.05) is 6.07 Å². The number of hydrogen-bond donors (Lipinski definition) is 2. The molecule has 0 radical (unpaired) electrons. The largest absolute Gasteiger partial charge is 0.396 e. The molecule has 1 fully saturated rings. The molecule has 1 aromatic rings. The third kappa shape index (κ3) is 4.09. The maximum atomic E-state index is 9.20. The molecule has 0 spiro atoms. The number of halogens is 1. The van der Waals surface area contributed by atoms with E-state index < -0.39 is 0 Å². The van der Waals surface area contributed by atoms with Crippen LogP contribution in [0.25, 0.3) is 0 Å². The Hall–Kier alpha value is -0.810. The van der Waals surface area contributed by atoms with Crippen LogP contribution in [0.3, 0.4) is 0 Å². The van der Waals surface area contributed by atoms with Crippen molar-refractivity contribution in [3.8, 4) is 0 Å². The Balaban J connectivity index is 1.92. The fourth-order valence-electron chi connectivity index (χ4n) is 2.49. The summed E-state index contributed by atoms with van der Waals surface area (Å²) in [6, 6.07) is 6.21. The van der Waals surface area contributed by atoms with Gasteiger partial charge in [0.15, 0.2) is 0 Å². The zero-order valence-electron chi connectivity index (χ0n) is 11.9. The van der Waals surface area contributed by atoms with Crippen LogP contribution in [0.5, 0.6) is 0 Å². The topological polar surface area (TPSA) is 44.7 Å². The molecule has 1 aromatic carbocycles. The molecule has 5 heteroatoms. The summed E-state index contributed by atoms with van der Waals surface area (Å²) in [5.74, 6) is 0.393. The number of aliphatic hydroxyl groups excluding tert-OH is 1. The zero-order valence-corrected chi connectivity index (χ0v) is 12.7. The lowest BCUT2D eigenvalue weighted by atomic mass is 10.1. The SMILES string of the molecule is COCCNCc1ccc(N2CCC(CO)C2)cc1Cl. The first-order chi connectivity index (χ1) is 9.74. The van der Waals surface area contributed by atoms with Crippen LogP contribution in [0.15, 0.2) is 18.2 Å². The molecule has 1 atom stereocenters. The molecule has 1 saturated heterocycles. The van der Waals surface area contributed by atoms with Crippen molar-refractivity contribution in [1.29, 1.82) is 0 Å². The number of nitrogens with one attached hydrogen (secondary N) is 1. The Morgan fingerprint density at radius 3 is 3.00 bits per heavy atom. The van der Waals surface area contributed by atoms with Crippen LogP contribution in [0.4, 0.5) is 5.69 Å². The number of benzene rings is 1. The molecule has 1 aliphatic heterocycles. The fraction of sp³-hybridized carbons (Fsp3) is 0.600. The molecule has 1 aliphatic rings. The molecule has 112 valence electrons. The van der Waals surface area contributed by atoms with E-state index >= 15 is 0 Å². The molecule has 0 bridgehead atoms. The second-order valence-corrected chi connectivity index (χ2v) is 5.64. The Morgan fingerprint density at radius 1 is 1.50 bits per heavy atom. The fourth-order valence-corrected chi connectivity index (χ4v) is 2.73. The van der Waals surface area contributed by atoms with Gasteiger partial charge in [-0.25, -0.2) is 0 Å². The van der Waals surface area contributed by atoms with Crippen LogP contribution in [-0.2, 0) is 11.3 Å². The van der Waals surface area contributed by atoms with Crippen molar-refractivity contribution >= 4 is 17.3 Å². The number of rotatable bonds is 7. The van der Waals surface area contributed by atoms with Gasteiger partial charge in [0.25, 0.3) is 0 Å². The molecule has 1 heterocycles. The van der Waals surface area contributed by atoms with Crippen molar-refractivity contribution in [2.75, 3.05) is 44.9 Å². The summed E-state index contributed by atoms with van der Waals surface area (Å²) in [5.41, 5.74) is 2.25. The summed E-state index contributed by atoms with van der Waals surface area (Å²) in [7, 11) is 1.69. The summed E-state index contributed by atoms with van der Waals surface area (Å²) in [5, 5.41) is 13.3. The third-order valence-electron chi connectivity index (χ3n) is 3.74. The van der Waals surface area contributed by atoms with E-state index in [-0.39, 0.29) is 6.61 Å². The van der Waals surface area contributed by atoms with E-state index in [1.54, 1.807) is 7.11 Å². The van der Waals surface area contributed by atoms with E-state index in [0.717, 1.165) is 48.9 Å². The average Bonchev–Trinajstić information content (AvgIpc) is 2.94. The molecule has 0 saturated carbocycles. The first-order valence-corrected chi connectivity index (χ1v) is 7.46. The molecule has 2 rings (SSSR count). The minimum atomic E-state index is 0.270. The first kappa shape index (κ1) is 15.6. The molecule has 0 amide bonds. The minimum absolute atomic E-state index is 0.270. The Labute approximate surface area is 125 Å². The van der Waals surface area contributed by atoms with Crippen molar-refractivity contribution in [1.82, 2.24) is 5.32 Å². The van der Waals surface area contributed by atoms with Gasteiger partial charge < -0.3 is 20.1 Å². The van der Waals surface area contributed by atoms with E-state index in [4.69, 9.17) is 16.3 Å². The van der Waals surface area contributed by atoms with Crippen molar-refractivity contribution in [2.24, 2.45) is 5.92 Å². The molecule has 1 unspecified atom stereocenters. The average molecular weight is 299 g/mol. The third-order valence-corrected chi connectivity index (χ3v) is 4.10. The molecule has 20 heavy (non-hydrogen) atoms. The number of ether oxygens (including phenoxy) is 1. The van der Waals surface area contributed by atoms with Crippen LogP contribution in [0.2, 0.25) is 5.02 Å². The lowest BCUT2D eigenvalue weighted by Crippen LogP contribution is -2.21. The number of hydrogen-bond acceptors (Lipinski definition) is 4. The number of nitrogens with zero attached hydrogens (tertiary/aromatic N) is 1. The van der Waals surface area contributed by atoms with E-state index in [1.165, 1.54) is 0 Å². The van der Waals surface area contributed by atoms with Crippen LogP contribution in [0, 0.1) is 5.92 Å². The highest BCUT2D eigenvalue weighted by Crippen LogP contribution is 2.28. The van der Waals surface area contributed by atoms with Gasteiger partial charge in [-0.15, -0.1) is 0 Å². The zero-order chi connectivity index (χ0) is 14.4. The standard InChI is InChI=1S/C15H23ClN2O2/c1-20-7-5-17-9-13-2-3-14(8-15(13)16)18-6-4-12(10-18)11-19/h2-3,8,12,17,19H,4-7,9-11H2,1H3. The van der Waals surface area contributed by atoms with Gasteiger partial charge in [-0.05, 0) is 24.1 Å². The van der Waals surface area contributed by atoms with E-state index in [2.05, 4.69) is 22.3 Å². The maximum Gasteiger partial charge on any atom is 0.0587 e. The summed E-state index contributed by atoms with van der Waals surface area (Å²) in [6.07, 6.45) is 1.05. The van der Waals surface area contributed by atoms with E-state index in [0.29, 0.717) is 12.5 Å². The Kier molecular flexibility index (Phi) is 6.10. The quantitative estimate of drug-likeness (QED) is 0.755. The van der Waals surface area contributed by atoms with Crippen molar-refractivity contribution in [3.05, 3.63) is 28.8 Å². The van der Waals surface area contributed by atoms with Gasteiger partial charge in [0, 0.05) is 56.5 Å². The number of anilines is 1. The molecule has 0 aromatic heterocycles. The lowest BCUT2D eigenvalue weighted by Gasteiger charge is -2.19. The molecular weight excluding hydrogens is 276 g/mol. The highest BCUT2D eigenvalue weighted by atomic mass is 35.5. The molecule has 0 aliphatic carbocycles. The van der Waals surface area contributed by atoms with Gasteiger partial charge in [0.1, 0.15) is 0 Å². The summed E-state index contributed by atoms with van der Waals surface area (Å²) < 4.78 is 4.99. The second kappa shape index (κ2) is 7.84. The smallest absolute Gasteiger partial charge is 0.0587 e. The van der Waals surface area contributed by atoms with Crippen molar-refractivity contribution in [3.63, 3.8) is 0 Å². The van der Waals surface area contributed by atoms with Gasteiger partial charge in [0.2, 0.25) is 0 Å². The predicted octanol–water partition coefficient (Wildman–Crippen LogP) is 1.89. The van der Waals surface area contributed by atoms with Gasteiger partial charge >= 0.3 is 0 Å². The van der Waals surface area contributed by atoms with Crippen LogP contribution in [-0.4, -0.2) is 45.1 Å². The Bertz CT molecular complexity index is 428. The van der Waals surface area contributed by atoms with Crippen LogP contribution >= 0.6 is 11.6 Å². The van der Waals surface area contributed by atoms with Gasteiger partial charge in [-0.1, -0.05) is 17.7 Å². The van der Waals surface area contributed by atoms with Gasteiger partial charge in [-0.3, -0.25) is 0 Å². The van der Waals surface area contributed by atoms with Crippen molar-refractivity contribution in [2.45, 2.75) is 13.0 Å². The van der Waals surface area contributed by atoms with Crippen LogP contribution in [0.1, 0.15) is 12.0 Å². The summed E-state index contributed by atoms with van der Waals surface area (Å²) in [4.78, 5) is 2.29. The molecule has 4 nitrogen and oxygen atoms in total. The number of aliphatic hydroxyl groups is 1. The summed E-state index contributed by atoms with van der Waals surface area (Å²) in [6.45, 7) is 4.45. The van der Waals surface area contributed by atoms with Crippen molar-refractivity contribution < 1.29 is 9.84 Å². The minimum Gasteiger partial charge on any atom is -0.396 e.